The van der Waals surface area contributed by atoms with E-state index in [1.165, 1.54) is 12.8 Å². The Balaban J connectivity index is 1.48. The first-order chi connectivity index (χ1) is 12.2. The van der Waals surface area contributed by atoms with Crippen LogP contribution in [0.5, 0.6) is 0 Å². The Bertz CT molecular complexity index is 560. The molecule has 3 rings (SSSR count). The highest BCUT2D eigenvalue weighted by Gasteiger charge is 2.27. The van der Waals surface area contributed by atoms with Crippen LogP contribution in [-0.2, 0) is 19.5 Å². The molecule has 1 aromatic rings. The molecule has 2 aliphatic heterocycles. The van der Waals surface area contributed by atoms with Crippen LogP contribution in [0.25, 0.3) is 0 Å². The van der Waals surface area contributed by atoms with Crippen LogP contribution in [0.15, 0.2) is 0 Å². The average Bonchev–Trinajstić information content (AvgIpc) is 3.35. The molecular weight excluding hydrogens is 316 g/mol. The Hall–Kier alpha value is -1.63. The molecule has 0 bridgehead atoms. The number of carbonyl (C=O) groups excluding carboxylic acids is 1. The van der Waals surface area contributed by atoms with Crippen LogP contribution >= 0.6 is 0 Å². The molecule has 2 aliphatic rings. The van der Waals surface area contributed by atoms with E-state index < -0.39 is 0 Å². The maximum Gasteiger partial charge on any atom is 0.315 e. The van der Waals surface area contributed by atoms with Crippen LogP contribution in [0.2, 0.25) is 0 Å². The maximum atomic E-state index is 12.3. The SMILES string of the molecule is CCC(CC)C(CNC(=O)NCc1nnc2n1CCC2)N1CCCC1. The predicted molar refractivity (Wildman–Crippen MR) is 97.2 cm³/mol. The van der Waals surface area contributed by atoms with Crippen molar-refractivity contribution >= 4 is 6.03 Å². The third-order valence-corrected chi connectivity index (χ3v) is 5.77. The van der Waals surface area contributed by atoms with Gasteiger partial charge in [0.25, 0.3) is 0 Å². The van der Waals surface area contributed by atoms with Gasteiger partial charge in [-0.2, -0.15) is 0 Å². The number of nitrogens with zero attached hydrogens (tertiary/aromatic N) is 4. The van der Waals surface area contributed by atoms with Crippen molar-refractivity contribution in [2.75, 3.05) is 19.6 Å². The number of hydrogen-bond donors (Lipinski definition) is 2. The van der Waals surface area contributed by atoms with Gasteiger partial charge in [0.05, 0.1) is 6.54 Å². The van der Waals surface area contributed by atoms with Gasteiger partial charge in [-0.15, -0.1) is 10.2 Å². The number of carbonyl (C=O) groups is 1. The zero-order valence-corrected chi connectivity index (χ0v) is 15.6. The van der Waals surface area contributed by atoms with E-state index in [1.54, 1.807) is 0 Å². The summed E-state index contributed by atoms with van der Waals surface area (Å²) in [6.07, 6.45) is 6.99. The number of hydrogen-bond acceptors (Lipinski definition) is 4. The molecule has 0 radical (unpaired) electrons. The fourth-order valence-corrected chi connectivity index (χ4v) is 4.26. The third-order valence-electron chi connectivity index (χ3n) is 5.77. The summed E-state index contributed by atoms with van der Waals surface area (Å²) in [5, 5.41) is 14.4. The van der Waals surface area contributed by atoms with Gasteiger partial charge in [0.2, 0.25) is 0 Å². The van der Waals surface area contributed by atoms with Crippen LogP contribution in [-0.4, -0.2) is 51.4 Å². The van der Waals surface area contributed by atoms with Crippen LogP contribution in [0.1, 0.15) is 57.6 Å². The Morgan fingerprint density at radius 3 is 2.56 bits per heavy atom. The highest BCUT2D eigenvalue weighted by molar-refractivity contribution is 5.73. The summed E-state index contributed by atoms with van der Waals surface area (Å²) >= 11 is 0. The first-order valence-corrected chi connectivity index (χ1v) is 9.89. The second kappa shape index (κ2) is 8.65. The van der Waals surface area contributed by atoms with E-state index in [9.17, 15) is 4.79 Å². The second-order valence-corrected chi connectivity index (χ2v) is 7.24. The van der Waals surface area contributed by atoms with Crippen molar-refractivity contribution in [2.24, 2.45) is 5.92 Å². The maximum absolute atomic E-state index is 12.3. The molecule has 2 amide bonds. The van der Waals surface area contributed by atoms with E-state index in [0.29, 0.717) is 18.5 Å². The lowest BCUT2D eigenvalue weighted by atomic mass is 9.93. The first kappa shape index (κ1) is 18.2. The van der Waals surface area contributed by atoms with E-state index in [1.807, 2.05) is 0 Å². The molecule has 7 nitrogen and oxygen atoms in total. The number of aryl methyl sites for hydroxylation is 1. The largest absolute Gasteiger partial charge is 0.337 e. The summed E-state index contributed by atoms with van der Waals surface area (Å²) in [5.41, 5.74) is 0. The molecule has 1 aromatic heterocycles. The molecule has 25 heavy (non-hydrogen) atoms. The van der Waals surface area contributed by atoms with E-state index in [-0.39, 0.29) is 6.03 Å². The van der Waals surface area contributed by atoms with Gasteiger partial charge in [0.15, 0.2) is 5.82 Å². The van der Waals surface area contributed by atoms with Crippen molar-refractivity contribution in [1.82, 2.24) is 30.3 Å². The number of nitrogens with one attached hydrogen (secondary N) is 2. The lowest BCUT2D eigenvalue weighted by molar-refractivity contribution is 0.161. The predicted octanol–water partition coefficient (Wildman–Crippen LogP) is 1.92. The van der Waals surface area contributed by atoms with Crippen molar-refractivity contribution in [2.45, 2.75) is 71.5 Å². The fraction of sp³-hybridized carbons (Fsp3) is 0.833. The molecule has 2 N–H and O–H groups in total. The molecule has 3 heterocycles. The summed E-state index contributed by atoms with van der Waals surface area (Å²) in [6.45, 7) is 8.96. The highest BCUT2D eigenvalue weighted by atomic mass is 16.2. The molecule has 140 valence electrons. The summed E-state index contributed by atoms with van der Waals surface area (Å²) < 4.78 is 2.12. The molecule has 0 aromatic carbocycles. The molecule has 1 fully saturated rings. The van der Waals surface area contributed by atoms with E-state index in [0.717, 1.165) is 63.5 Å². The Morgan fingerprint density at radius 2 is 1.84 bits per heavy atom. The summed E-state index contributed by atoms with van der Waals surface area (Å²) in [7, 11) is 0. The Labute approximate surface area is 150 Å². The molecule has 1 atom stereocenters. The summed E-state index contributed by atoms with van der Waals surface area (Å²) in [4.78, 5) is 14.8. The fourth-order valence-electron chi connectivity index (χ4n) is 4.26. The normalized spacial score (nSPS) is 18.5. The van der Waals surface area contributed by atoms with Gasteiger partial charge in [-0.3, -0.25) is 4.90 Å². The van der Waals surface area contributed by atoms with Crippen molar-refractivity contribution < 1.29 is 4.79 Å². The third kappa shape index (κ3) is 4.32. The Kier molecular flexibility index (Phi) is 6.29. The van der Waals surface area contributed by atoms with Gasteiger partial charge in [-0.1, -0.05) is 26.7 Å². The van der Waals surface area contributed by atoms with E-state index >= 15 is 0 Å². The van der Waals surface area contributed by atoms with Crippen molar-refractivity contribution in [1.29, 1.82) is 0 Å². The molecule has 0 aliphatic carbocycles. The monoisotopic (exact) mass is 348 g/mol. The smallest absolute Gasteiger partial charge is 0.315 e. The van der Waals surface area contributed by atoms with Gasteiger partial charge in [0, 0.05) is 25.6 Å². The van der Waals surface area contributed by atoms with Crippen LogP contribution in [0.4, 0.5) is 4.79 Å². The van der Waals surface area contributed by atoms with E-state index in [2.05, 4.69) is 44.1 Å². The number of rotatable bonds is 8. The van der Waals surface area contributed by atoms with Crippen molar-refractivity contribution in [3.63, 3.8) is 0 Å². The van der Waals surface area contributed by atoms with Crippen LogP contribution in [0.3, 0.4) is 0 Å². The zero-order valence-electron chi connectivity index (χ0n) is 15.6. The minimum absolute atomic E-state index is 0.106. The Morgan fingerprint density at radius 1 is 1.08 bits per heavy atom. The lowest BCUT2D eigenvalue weighted by Gasteiger charge is -2.33. The molecule has 7 heteroatoms. The molecule has 0 saturated carbocycles. The number of likely N-dealkylation sites (tertiary alicyclic amines) is 1. The molecule has 0 spiro atoms. The number of amides is 2. The topological polar surface area (TPSA) is 75.1 Å². The highest BCUT2D eigenvalue weighted by Crippen LogP contribution is 2.22. The number of fused-ring (bicyclic) bond motifs is 1. The van der Waals surface area contributed by atoms with Gasteiger partial charge in [-0.05, 0) is 38.3 Å². The number of aromatic nitrogens is 3. The van der Waals surface area contributed by atoms with Gasteiger partial charge in [0.1, 0.15) is 5.82 Å². The molecule has 1 unspecified atom stereocenters. The van der Waals surface area contributed by atoms with Gasteiger partial charge >= 0.3 is 6.03 Å². The average molecular weight is 348 g/mol. The number of urea groups is 1. The van der Waals surface area contributed by atoms with Crippen molar-refractivity contribution in [3.05, 3.63) is 11.6 Å². The second-order valence-electron chi connectivity index (χ2n) is 7.24. The van der Waals surface area contributed by atoms with Gasteiger partial charge in [-0.25, -0.2) is 4.79 Å². The quantitative estimate of drug-likeness (QED) is 0.753. The summed E-state index contributed by atoms with van der Waals surface area (Å²) in [6, 6.07) is 0.339. The summed E-state index contributed by atoms with van der Waals surface area (Å²) in [5.74, 6) is 2.54. The molecular formula is C18H32N6O. The standard InChI is InChI=1S/C18H32N6O/c1-3-14(4-2)15(23-9-5-6-10-23)12-19-18(25)20-13-17-22-21-16-8-7-11-24(16)17/h14-15H,3-13H2,1-2H3,(H2,19,20,25). The lowest BCUT2D eigenvalue weighted by Crippen LogP contribution is -2.48. The minimum atomic E-state index is -0.106. The minimum Gasteiger partial charge on any atom is -0.337 e. The van der Waals surface area contributed by atoms with Gasteiger partial charge < -0.3 is 15.2 Å². The van der Waals surface area contributed by atoms with Crippen LogP contribution in [0, 0.1) is 5.92 Å². The molecule has 1 saturated heterocycles. The van der Waals surface area contributed by atoms with E-state index in [4.69, 9.17) is 0 Å². The zero-order chi connectivity index (χ0) is 17.6. The first-order valence-electron chi connectivity index (χ1n) is 9.89. The van der Waals surface area contributed by atoms with Crippen LogP contribution < -0.4 is 10.6 Å². The van der Waals surface area contributed by atoms with Crippen molar-refractivity contribution in [3.8, 4) is 0 Å².